The van der Waals surface area contributed by atoms with Gasteiger partial charge in [-0.25, -0.2) is 4.39 Å². The number of benzene rings is 2. The van der Waals surface area contributed by atoms with E-state index < -0.39 is 17.9 Å². The lowest BCUT2D eigenvalue weighted by atomic mass is 10.1. The smallest absolute Gasteiger partial charge is 0.310 e. The number of aromatic nitrogens is 1. The summed E-state index contributed by atoms with van der Waals surface area (Å²) in [5.74, 6) is -1.35. The highest BCUT2D eigenvalue weighted by Gasteiger charge is 2.22. The van der Waals surface area contributed by atoms with Gasteiger partial charge in [0.05, 0.1) is 13.5 Å². The lowest BCUT2D eigenvalue weighted by molar-refractivity contribution is -0.145. The fourth-order valence-electron chi connectivity index (χ4n) is 2.77. The zero-order valence-corrected chi connectivity index (χ0v) is 14.4. The SMILES string of the molecule is COc1ccc(CC(=O)O[C@H](C)C(=O)c2c[nH]c3ccccc23)cc1F. The molecule has 26 heavy (non-hydrogen) atoms. The molecule has 3 rings (SSSR count). The molecule has 134 valence electrons. The van der Waals surface area contributed by atoms with Crippen molar-refractivity contribution >= 4 is 22.7 Å². The van der Waals surface area contributed by atoms with Crippen LogP contribution in [0.1, 0.15) is 22.8 Å². The predicted molar refractivity (Wildman–Crippen MR) is 94.8 cm³/mol. The van der Waals surface area contributed by atoms with Crippen LogP contribution in [-0.2, 0) is 16.0 Å². The van der Waals surface area contributed by atoms with E-state index in [9.17, 15) is 14.0 Å². The summed E-state index contributed by atoms with van der Waals surface area (Å²) in [6.07, 6.45) is 0.535. The molecule has 1 heterocycles. The molecular formula is C20H18FNO4. The van der Waals surface area contributed by atoms with E-state index in [1.165, 1.54) is 26.2 Å². The first-order valence-corrected chi connectivity index (χ1v) is 8.12. The first-order valence-electron chi connectivity index (χ1n) is 8.12. The van der Waals surface area contributed by atoms with E-state index >= 15 is 0 Å². The van der Waals surface area contributed by atoms with E-state index in [2.05, 4.69) is 4.98 Å². The minimum atomic E-state index is -0.940. The Labute approximate surface area is 149 Å². The maximum atomic E-state index is 13.7. The number of rotatable bonds is 6. The number of hydrogen-bond acceptors (Lipinski definition) is 4. The molecule has 0 saturated heterocycles. The number of carbonyl (C=O) groups is 2. The minimum Gasteiger partial charge on any atom is -0.494 e. The topological polar surface area (TPSA) is 68.4 Å². The van der Waals surface area contributed by atoms with Crippen molar-refractivity contribution in [3.8, 4) is 5.75 Å². The summed E-state index contributed by atoms with van der Waals surface area (Å²) < 4.78 is 23.8. The van der Waals surface area contributed by atoms with Crippen LogP contribution in [0.25, 0.3) is 10.9 Å². The number of aromatic amines is 1. The highest BCUT2D eigenvalue weighted by Crippen LogP contribution is 2.21. The molecular weight excluding hydrogens is 337 g/mol. The van der Waals surface area contributed by atoms with Crippen molar-refractivity contribution in [3.63, 3.8) is 0 Å². The fourth-order valence-corrected chi connectivity index (χ4v) is 2.77. The van der Waals surface area contributed by atoms with E-state index in [4.69, 9.17) is 9.47 Å². The molecule has 0 aliphatic rings. The number of methoxy groups -OCH3 is 1. The number of esters is 1. The van der Waals surface area contributed by atoms with Gasteiger partial charge in [-0.3, -0.25) is 9.59 Å². The van der Waals surface area contributed by atoms with E-state index in [0.717, 1.165) is 10.9 Å². The van der Waals surface area contributed by atoms with Crippen LogP contribution in [0.5, 0.6) is 5.75 Å². The van der Waals surface area contributed by atoms with Crippen LogP contribution >= 0.6 is 0 Å². The number of nitrogens with one attached hydrogen (secondary N) is 1. The number of fused-ring (bicyclic) bond motifs is 1. The van der Waals surface area contributed by atoms with Crippen LogP contribution in [0.2, 0.25) is 0 Å². The monoisotopic (exact) mass is 355 g/mol. The van der Waals surface area contributed by atoms with Gasteiger partial charge >= 0.3 is 5.97 Å². The summed E-state index contributed by atoms with van der Waals surface area (Å²) in [6.45, 7) is 1.52. The van der Waals surface area contributed by atoms with E-state index in [-0.39, 0.29) is 18.0 Å². The highest BCUT2D eigenvalue weighted by atomic mass is 19.1. The second-order valence-corrected chi connectivity index (χ2v) is 5.89. The molecule has 0 fully saturated rings. The number of hydrogen-bond donors (Lipinski definition) is 1. The van der Waals surface area contributed by atoms with Gasteiger partial charge in [0.25, 0.3) is 0 Å². The summed E-state index contributed by atoms with van der Waals surface area (Å²) in [5, 5.41) is 0.776. The zero-order chi connectivity index (χ0) is 18.7. The highest BCUT2D eigenvalue weighted by molar-refractivity contribution is 6.10. The van der Waals surface area contributed by atoms with Gasteiger partial charge in [0.2, 0.25) is 5.78 Å². The molecule has 1 N–H and O–H groups in total. The van der Waals surface area contributed by atoms with E-state index in [1.807, 2.05) is 24.3 Å². The maximum absolute atomic E-state index is 13.7. The van der Waals surface area contributed by atoms with Crippen LogP contribution in [0.4, 0.5) is 4.39 Å². The number of ether oxygens (including phenoxy) is 2. The van der Waals surface area contributed by atoms with Gasteiger partial charge in [0, 0.05) is 22.7 Å². The summed E-state index contributed by atoms with van der Waals surface area (Å²) in [7, 11) is 1.37. The Kier molecular flexibility index (Phi) is 5.02. The van der Waals surface area contributed by atoms with Crippen molar-refractivity contribution in [2.24, 2.45) is 0 Å². The Balaban J connectivity index is 1.67. The quantitative estimate of drug-likeness (QED) is 0.541. The van der Waals surface area contributed by atoms with Gasteiger partial charge < -0.3 is 14.5 Å². The maximum Gasteiger partial charge on any atom is 0.310 e. The zero-order valence-electron chi connectivity index (χ0n) is 14.4. The fraction of sp³-hybridized carbons (Fsp3) is 0.200. The molecule has 3 aromatic rings. The Morgan fingerprint density at radius 1 is 1.19 bits per heavy atom. The van der Waals surface area contributed by atoms with Gasteiger partial charge in [-0.05, 0) is 30.7 Å². The normalized spacial score (nSPS) is 12.0. The average molecular weight is 355 g/mol. The molecule has 0 unspecified atom stereocenters. The van der Waals surface area contributed by atoms with Crippen molar-refractivity contribution in [2.45, 2.75) is 19.4 Å². The molecule has 0 aliphatic heterocycles. The van der Waals surface area contributed by atoms with Crippen molar-refractivity contribution in [3.05, 3.63) is 65.6 Å². The predicted octanol–water partition coefficient (Wildman–Crippen LogP) is 3.67. The lowest BCUT2D eigenvalue weighted by Crippen LogP contribution is -2.25. The van der Waals surface area contributed by atoms with Gasteiger partial charge in [0.1, 0.15) is 0 Å². The molecule has 0 spiro atoms. The van der Waals surface area contributed by atoms with Crippen LogP contribution in [0, 0.1) is 5.82 Å². The minimum absolute atomic E-state index is 0.102. The second-order valence-electron chi connectivity index (χ2n) is 5.89. The van der Waals surface area contributed by atoms with Gasteiger partial charge in [-0.1, -0.05) is 24.3 Å². The largest absolute Gasteiger partial charge is 0.494 e. The summed E-state index contributed by atoms with van der Waals surface area (Å²) >= 11 is 0. The summed E-state index contributed by atoms with van der Waals surface area (Å²) in [4.78, 5) is 27.7. The number of carbonyl (C=O) groups excluding carboxylic acids is 2. The average Bonchev–Trinajstić information content (AvgIpc) is 3.05. The Morgan fingerprint density at radius 2 is 1.96 bits per heavy atom. The second kappa shape index (κ2) is 7.39. The number of para-hydroxylation sites is 1. The molecule has 1 atom stereocenters. The molecule has 1 aromatic heterocycles. The Morgan fingerprint density at radius 3 is 2.69 bits per heavy atom. The summed E-state index contributed by atoms with van der Waals surface area (Å²) in [6, 6.07) is 11.6. The third kappa shape index (κ3) is 3.59. The molecule has 5 nitrogen and oxygen atoms in total. The van der Waals surface area contributed by atoms with Gasteiger partial charge in [0.15, 0.2) is 17.7 Å². The first kappa shape index (κ1) is 17.7. The number of Topliss-reactive ketones (excluding diaryl/α,β-unsaturated/α-hetero) is 1. The third-order valence-electron chi connectivity index (χ3n) is 4.10. The Bertz CT molecular complexity index is 963. The number of H-pyrrole nitrogens is 1. The molecule has 6 heteroatoms. The van der Waals surface area contributed by atoms with E-state index in [1.54, 1.807) is 12.3 Å². The third-order valence-corrected chi connectivity index (χ3v) is 4.10. The van der Waals surface area contributed by atoms with Crippen molar-refractivity contribution in [1.82, 2.24) is 4.98 Å². The van der Waals surface area contributed by atoms with Gasteiger partial charge in [-0.15, -0.1) is 0 Å². The lowest BCUT2D eigenvalue weighted by Gasteiger charge is -2.12. The van der Waals surface area contributed by atoms with Crippen LogP contribution in [0.3, 0.4) is 0 Å². The van der Waals surface area contributed by atoms with Crippen LogP contribution in [0.15, 0.2) is 48.7 Å². The van der Waals surface area contributed by atoms with E-state index in [0.29, 0.717) is 11.1 Å². The van der Waals surface area contributed by atoms with Crippen LogP contribution < -0.4 is 4.74 Å². The number of ketones is 1. The Hall–Kier alpha value is -3.15. The molecule has 0 bridgehead atoms. The van der Waals surface area contributed by atoms with Crippen LogP contribution in [-0.4, -0.2) is 30.0 Å². The molecule has 0 amide bonds. The number of halogens is 1. The molecule has 2 aromatic carbocycles. The van der Waals surface area contributed by atoms with Crippen molar-refractivity contribution < 1.29 is 23.5 Å². The molecule has 0 radical (unpaired) electrons. The van der Waals surface area contributed by atoms with Gasteiger partial charge in [-0.2, -0.15) is 0 Å². The molecule has 0 aliphatic carbocycles. The molecule has 0 saturated carbocycles. The summed E-state index contributed by atoms with van der Waals surface area (Å²) in [5.41, 5.74) is 1.75. The van der Waals surface area contributed by atoms with Crippen molar-refractivity contribution in [2.75, 3.05) is 7.11 Å². The van der Waals surface area contributed by atoms with Crippen molar-refractivity contribution in [1.29, 1.82) is 0 Å². The first-order chi connectivity index (χ1) is 12.5. The standard InChI is InChI=1S/C20H18FNO4/c1-12(20(24)15-11-22-17-6-4-3-5-14(15)17)26-19(23)10-13-7-8-18(25-2)16(21)9-13/h3-9,11-12,22H,10H2,1-2H3/t12-/m1/s1.